The van der Waals surface area contributed by atoms with Crippen molar-refractivity contribution in [1.29, 1.82) is 10.5 Å². The van der Waals surface area contributed by atoms with Gasteiger partial charge in [0.1, 0.15) is 36.0 Å². The van der Waals surface area contributed by atoms with Gasteiger partial charge in [0, 0.05) is 58.6 Å². The summed E-state index contributed by atoms with van der Waals surface area (Å²) in [6.07, 6.45) is 1.52. The van der Waals surface area contributed by atoms with Crippen molar-refractivity contribution in [2.75, 3.05) is 0 Å². The minimum atomic E-state index is -2.90. The van der Waals surface area contributed by atoms with Gasteiger partial charge in [-0.1, -0.05) is 24.3 Å². The number of hydrogen-bond donors (Lipinski definition) is 2. The molecule has 0 saturated heterocycles. The maximum Gasteiger partial charge on any atom is 0.283 e. The Bertz CT molecular complexity index is 2370. The van der Waals surface area contributed by atoms with Crippen LogP contribution in [0.3, 0.4) is 0 Å². The van der Waals surface area contributed by atoms with Gasteiger partial charge in [0.2, 0.25) is 0 Å². The molecule has 2 fully saturated rings. The summed E-state index contributed by atoms with van der Waals surface area (Å²) in [4.78, 5) is 16.7. The van der Waals surface area contributed by atoms with Gasteiger partial charge in [-0.25, -0.2) is 36.3 Å². The molecule has 2 aliphatic heterocycles. The van der Waals surface area contributed by atoms with E-state index in [1.54, 1.807) is 24.5 Å². The summed E-state index contributed by atoms with van der Waals surface area (Å²) in [6, 6.07) is 15.9. The smallest absolute Gasteiger partial charge is 0.283 e. The number of pyridine rings is 2. The predicted octanol–water partition coefficient (Wildman–Crippen LogP) is 7.12. The van der Waals surface area contributed by atoms with Crippen molar-refractivity contribution >= 4 is 12.0 Å². The number of aromatic nitrogens is 2. The van der Waals surface area contributed by atoms with Crippen LogP contribution in [0.1, 0.15) is 93.4 Å². The molecule has 0 bridgehead atoms. The third-order valence-corrected chi connectivity index (χ3v) is 12.8. The average molecular weight is 825 g/mol. The first-order chi connectivity index (χ1) is 28.8. The molecular formula is C44H38F6N8O2. The van der Waals surface area contributed by atoms with E-state index in [9.17, 15) is 26.3 Å². The number of nitrogens with two attached hydrogens (primary N) is 2. The molecule has 4 N–H and O–H groups in total. The Balaban J connectivity index is 0.000000154. The third kappa shape index (κ3) is 6.66. The Morgan fingerprint density at radius 2 is 1.08 bits per heavy atom. The zero-order valence-electron chi connectivity index (χ0n) is 32.0. The number of halogens is 6. The number of ether oxygens (including phenoxy) is 2. The highest BCUT2D eigenvalue weighted by Gasteiger charge is 2.65. The third-order valence-electron chi connectivity index (χ3n) is 12.8. The van der Waals surface area contributed by atoms with E-state index in [0.29, 0.717) is 36.8 Å². The number of benzene rings is 2. The van der Waals surface area contributed by atoms with E-state index in [2.05, 4.69) is 32.1 Å². The Kier molecular flexibility index (Phi) is 9.72. The van der Waals surface area contributed by atoms with Gasteiger partial charge in [-0.15, -0.1) is 0 Å². The van der Waals surface area contributed by atoms with Crippen LogP contribution in [0, 0.1) is 46.1 Å². The van der Waals surface area contributed by atoms with Crippen molar-refractivity contribution in [3.05, 3.63) is 128 Å². The maximum atomic E-state index is 14.8. The van der Waals surface area contributed by atoms with E-state index in [1.165, 1.54) is 24.3 Å². The second kappa shape index (κ2) is 14.8. The van der Waals surface area contributed by atoms with Gasteiger partial charge in [-0.05, 0) is 97.9 Å². The standard InChI is InChI=1S/2C22H19F3N4O/c2*23-17-4-1-11(5-13-2-3-14-6-12(9-26)10-28-19(13)14)7-15(17)22(20(24)25)16-8-18(16)30-21(27)29-22/h2*1,4,6-7,10,13,16,18,20H,2-3,5,8H2,(H2,27,29)/t13-,16+,18-,22-;13-,16-,18+,22+/m10/s1. The molecule has 0 amide bonds. The normalized spacial score (nSPS) is 28.9. The molecule has 308 valence electrons. The summed E-state index contributed by atoms with van der Waals surface area (Å²) in [6.45, 7) is 0. The lowest BCUT2D eigenvalue weighted by Gasteiger charge is -2.33. The molecule has 2 saturated carbocycles. The number of nitriles is 2. The molecule has 0 spiro atoms. The van der Waals surface area contributed by atoms with E-state index in [4.69, 9.17) is 31.5 Å². The quantitative estimate of drug-likeness (QED) is 0.177. The number of rotatable bonds is 8. The van der Waals surface area contributed by atoms with E-state index < -0.39 is 59.6 Å². The number of hydrogen-bond acceptors (Lipinski definition) is 10. The monoisotopic (exact) mass is 824 g/mol. The molecule has 2 aromatic heterocycles. The fraction of sp³-hybridized carbons (Fsp3) is 0.409. The van der Waals surface area contributed by atoms with Gasteiger partial charge in [0.15, 0.2) is 11.1 Å². The van der Waals surface area contributed by atoms with Crippen LogP contribution in [-0.4, -0.2) is 47.1 Å². The van der Waals surface area contributed by atoms with E-state index >= 15 is 0 Å². The van der Waals surface area contributed by atoms with Crippen molar-refractivity contribution in [3.8, 4) is 12.1 Å². The number of aryl methyl sites for hydroxylation is 2. The summed E-state index contributed by atoms with van der Waals surface area (Å²) >= 11 is 0. The van der Waals surface area contributed by atoms with Crippen molar-refractivity contribution in [3.63, 3.8) is 0 Å². The van der Waals surface area contributed by atoms with E-state index in [0.717, 1.165) is 59.3 Å². The molecule has 4 aromatic rings. The molecule has 60 heavy (non-hydrogen) atoms. The highest BCUT2D eigenvalue weighted by molar-refractivity contribution is 5.75. The first-order valence-corrected chi connectivity index (χ1v) is 19.8. The number of nitrogens with zero attached hydrogens (tertiary/aromatic N) is 6. The molecule has 8 atom stereocenters. The number of amidine groups is 2. The molecule has 10 nitrogen and oxygen atoms in total. The Hall–Kier alpha value is -6.16. The van der Waals surface area contributed by atoms with Gasteiger partial charge in [-0.2, -0.15) is 10.5 Å². The molecule has 6 aliphatic rings. The summed E-state index contributed by atoms with van der Waals surface area (Å²) in [7, 11) is 0. The molecule has 2 aromatic carbocycles. The zero-order valence-corrected chi connectivity index (χ0v) is 32.0. The first-order valence-electron chi connectivity index (χ1n) is 19.8. The van der Waals surface area contributed by atoms with Crippen LogP contribution >= 0.6 is 0 Å². The molecule has 10 rings (SSSR count). The van der Waals surface area contributed by atoms with Crippen LogP contribution in [0.4, 0.5) is 26.3 Å². The van der Waals surface area contributed by atoms with Crippen molar-refractivity contribution in [1.82, 2.24) is 9.97 Å². The van der Waals surface area contributed by atoms with Gasteiger partial charge in [-0.3, -0.25) is 9.97 Å². The lowest BCUT2D eigenvalue weighted by molar-refractivity contribution is 0.0175. The van der Waals surface area contributed by atoms with E-state index in [-0.39, 0.29) is 35.0 Å². The SMILES string of the molecule is N#Cc1cnc2c(c1)CC[C@@H]2Cc1ccc(F)c([C@@]2(C(F)F)N=C(N)O[C@@H]3C[C@@H]32)c1.N#Cc1cnc2c(c1)CC[C@H]2Cc1ccc(F)c([C@@]2(C(F)F)N=C(N)O[C@@H]3C[C@@H]32)c1. The Labute approximate surface area is 341 Å². The fourth-order valence-corrected chi connectivity index (χ4v) is 9.81. The average Bonchev–Trinajstić information content (AvgIpc) is 4.12. The molecular weight excluding hydrogens is 787 g/mol. The summed E-state index contributed by atoms with van der Waals surface area (Å²) < 4.78 is 97.2. The summed E-state index contributed by atoms with van der Waals surface area (Å²) in [5, 5.41) is 18.1. The highest BCUT2D eigenvalue weighted by atomic mass is 19.3. The van der Waals surface area contributed by atoms with Crippen molar-refractivity contribution < 1.29 is 35.8 Å². The largest absolute Gasteiger partial charge is 0.462 e. The van der Waals surface area contributed by atoms with Crippen LogP contribution in [0.25, 0.3) is 0 Å². The first kappa shape index (κ1) is 39.3. The topological polar surface area (TPSA) is 169 Å². The Morgan fingerprint density at radius 3 is 1.47 bits per heavy atom. The van der Waals surface area contributed by atoms with Gasteiger partial charge < -0.3 is 20.9 Å². The lowest BCUT2D eigenvalue weighted by Crippen LogP contribution is -2.43. The highest BCUT2D eigenvalue weighted by Crippen LogP contribution is 2.57. The van der Waals surface area contributed by atoms with Crippen LogP contribution < -0.4 is 11.5 Å². The minimum Gasteiger partial charge on any atom is -0.462 e. The zero-order chi connectivity index (χ0) is 42.1. The van der Waals surface area contributed by atoms with Crippen LogP contribution in [0.15, 0.2) is 70.9 Å². The number of fused-ring (bicyclic) bond motifs is 4. The summed E-state index contributed by atoms with van der Waals surface area (Å²) in [5.41, 5.74) is 13.4. The van der Waals surface area contributed by atoms with Gasteiger partial charge in [0.25, 0.3) is 24.9 Å². The molecule has 16 heteroatoms. The predicted molar refractivity (Wildman–Crippen MR) is 205 cm³/mol. The van der Waals surface area contributed by atoms with Crippen LogP contribution in [-0.2, 0) is 46.2 Å². The molecule has 4 aliphatic carbocycles. The second-order valence-electron chi connectivity index (χ2n) is 16.4. The number of alkyl halides is 4. The molecule has 0 unspecified atom stereocenters. The fourth-order valence-electron chi connectivity index (χ4n) is 9.81. The Morgan fingerprint density at radius 1 is 0.667 bits per heavy atom. The van der Waals surface area contributed by atoms with Crippen LogP contribution in [0.2, 0.25) is 0 Å². The van der Waals surface area contributed by atoms with Gasteiger partial charge >= 0.3 is 0 Å². The van der Waals surface area contributed by atoms with E-state index in [1.807, 2.05) is 12.1 Å². The van der Waals surface area contributed by atoms with Crippen molar-refractivity contribution in [2.45, 2.75) is 99.3 Å². The maximum absolute atomic E-state index is 14.8. The molecule has 4 heterocycles. The van der Waals surface area contributed by atoms with Crippen LogP contribution in [0.5, 0.6) is 0 Å². The lowest BCUT2D eigenvalue weighted by atomic mass is 9.83. The van der Waals surface area contributed by atoms with Gasteiger partial charge in [0.05, 0.1) is 11.1 Å². The minimum absolute atomic E-state index is 0.0884. The molecule has 0 radical (unpaired) electrons. The number of aliphatic imine (C=N–C) groups is 2. The van der Waals surface area contributed by atoms with Crippen molar-refractivity contribution in [2.24, 2.45) is 33.3 Å². The summed E-state index contributed by atoms with van der Waals surface area (Å²) in [5.74, 6) is -2.44. The second-order valence-corrected chi connectivity index (χ2v) is 16.4.